The van der Waals surface area contributed by atoms with Crippen LogP contribution in [0.2, 0.25) is 0 Å². The average Bonchev–Trinajstić information content (AvgIpc) is 2.83. The van der Waals surface area contributed by atoms with Gasteiger partial charge in [0.05, 0.1) is 13.2 Å². The zero-order valence-corrected chi connectivity index (χ0v) is 20.3. The van der Waals surface area contributed by atoms with Crippen LogP contribution in [0.5, 0.6) is 0 Å². The number of carboxylic acid groups (broad SMARTS) is 1. The SMILES string of the molecule is CCCCN([C@H](CC[C@H](Cc1ccccc1)NC(=O)O)Cc1ccccc1)N1CCO[C@H](N)C1. The summed E-state index contributed by atoms with van der Waals surface area (Å²) in [6.45, 7) is 5.29. The van der Waals surface area contributed by atoms with E-state index in [0.29, 0.717) is 19.6 Å². The number of amides is 1. The van der Waals surface area contributed by atoms with Crippen molar-refractivity contribution < 1.29 is 14.6 Å². The van der Waals surface area contributed by atoms with E-state index in [1.807, 2.05) is 24.3 Å². The number of morpholine rings is 1. The predicted octanol–water partition coefficient (Wildman–Crippen LogP) is 3.89. The molecule has 0 radical (unpaired) electrons. The molecule has 0 aromatic heterocycles. The van der Waals surface area contributed by atoms with Crippen molar-refractivity contribution in [2.45, 2.75) is 63.8 Å². The van der Waals surface area contributed by atoms with E-state index in [9.17, 15) is 9.90 Å². The zero-order chi connectivity index (χ0) is 24.2. The molecule has 0 unspecified atom stereocenters. The quantitative estimate of drug-likeness (QED) is 0.413. The number of nitrogens with two attached hydrogens (primary N) is 1. The van der Waals surface area contributed by atoms with Crippen molar-refractivity contribution in [3.05, 3.63) is 71.8 Å². The predicted molar refractivity (Wildman–Crippen MR) is 135 cm³/mol. The Bertz CT molecular complexity index is 836. The average molecular weight is 469 g/mol. The molecule has 7 nitrogen and oxygen atoms in total. The highest BCUT2D eigenvalue weighted by Gasteiger charge is 2.29. The number of carbonyl (C=O) groups is 1. The molecule has 0 saturated carbocycles. The number of unbranched alkanes of at least 4 members (excludes halogenated alkanes) is 1. The van der Waals surface area contributed by atoms with Crippen LogP contribution in [0.4, 0.5) is 4.79 Å². The minimum absolute atomic E-state index is 0.141. The van der Waals surface area contributed by atoms with Gasteiger partial charge < -0.3 is 20.9 Å². The number of hydrazine groups is 1. The molecule has 3 rings (SSSR count). The molecule has 1 fully saturated rings. The normalized spacial score (nSPS) is 18.5. The standard InChI is InChI=1S/C27H40N4O3/c1-2-3-16-31(30-17-18-34-26(28)21-30)25(20-23-12-8-5-9-13-23)15-14-24(29-27(32)33)19-22-10-6-4-7-11-22/h4-13,24-26,29H,2-3,14-21,28H2,1H3,(H,32,33)/t24-,25-,26+/m1/s1. The Balaban J connectivity index is 1.78. The molecular weight excluding hydrogens is 428 g/mol. The lowest BCUT2D eigenvalue weighted by Gasteiger charge is -2.44. The lowest BCUT2D eigenvalue weighted by Crippen LogP contribution is -2.58. The first-order chi connectivity index (χ1) is 16.5. The molecule has 1 saturated heterocycles. The molecule has 0 bridgehead atoms. The van der Waals surface area contributed by atoms with E-state index in [1.54, 1.807) is 0 Å². The molecule has 1 aliphatic heterocycles. The summed E-state index contributed by atoms with van der Waals surface area (Å²) < 4.78 is 5.60. The first-order valence-electron chi connectivity index (χ1n) is 12.5. The summed E-state index contributed by atoms with van der Waals surface area (Å²) in [7, 11) is 0. The van der Waals surface area contributed by atoms with Crippen LogP contribution in [0.25, 0.3) is 0 Å². The highest BCUT2D eigenvalue weighted by Crippen LogP contribution is 2.21. The van der Waals surface area contributed by atoms with Gasteiger partial charge in [-0.25, -0.2) is 14.8 Å². The van der Waals surface area contributed by atoms with Crippen molar-refractivity contribution in [1.82, 2.24) is 15.3 Å². The summed E-state index contributed by atoms with van der Waals surface area (Å²) in [5.41, 5.74) is 8.57. The van der Waals surface area contributed by atoms with E-state index < -0.39 is 6.09 Å². The van der Waals surface area contributed by atoms with Crippen LogP contribution in [0.3, 0.4) is 0 Å². The number of ether oxygens (including phenoxy) is 1. The van der Waals surface area contributed by atoms with E-state index in [2.05, 4.69) is 58.7 Å². The first kappa shape index (κ1) is 26.2. The number of hydrogen-bond acceptors (Lipinski definition) is 5. The highest BCUT2D eigenvalue weighted by atomic mass is 16.5. The van der Waals surface area contributed by atoms with Crippen molar-refractivity contribution in [3.8, 4) is 0 Å². The van der Waals surface area contributed by atoms with Gasteiger partial charge in [-0.15, -0.1) is 0 Å². The fourth-order valence-corrected chi connectivity index (χ4v) is 4.70. The summed E-state index contributed by atoms with van der Waals surface area (Å²) in [6, 6.07) is 20.8. The van der Waals surface area contributed by atoms with E-state index in [0.717, 1.165) is 50.8 Å². The topological polar surface area (TPSA) is 91.1 Å². The molecule has 7 heteroatoms. The maximum atomic E-state index is 11.5. The number of hydrogen-bond donors (Lipinski definition) is 3. The van der Waals surface area contributed by atoms with Gasteiger partial charge in [-0.1, -0.05) is 74.0 Å². The molecule has 2 aromatic carbocycles. The van der Waals surface area contributed by atoms with Crippen LogP contribution in [0, 0.1) is 0 Å². The third kappa shape index (κ3) is 8.72. The Morgan fingerprint density at radius 1 is 1.12 bits per heavy atom. The van der Waals surface area contributed by atoms with Crippen molar-refractivity contribution >= 4 is 6.09 Å². The zero-order valence-electron chi connectivity index (χ0n) is 20.3. The molecule has 34 heavy (non-hydrogen) atoms. The lowest BCUT2D eigenvalue weighted by atomic mass is 9.95. The van der Waals surface area contributed by atoms with E-state index in [1.165, 1.54) is 5.56 Å². The van der Waals surface area contributed by atoms with E-state index in [-0.39, 0.29) is 18.3 Å². The first-order valence-corrected chi connectivity index (χ1v) is 12.5. The number of rotatable bonds is 13. The molecule has 3 atom stereocenters. The number of nitrogens with one attached hydrogen (secondary N) is 1. The second-order valence-corrected chi connectivity index (χ2v) is 9.10. The van der Waals surface area contributed by atoms with Gasteiger partial charge >= 0.3 is 6.09 Å². The largest absolute Gasteiger partial charge is 0.465 e. The second-order valence-electron chi connectivity index (χ2n) is 9.10. The molecule has 0 aliphatic carbocycles. The van der Waals surface area contributed by atoms with Gasteiger partial charge in [0, 0.05) is 25.2 Å². The molecule has 2 aromatic rings. The summed E-state index contributed by atoms with van der Waals surface area (Å²) in [5.74, 6) is 0. The summed E-state index contributed by atoms with van der Waals surface area (Å²) in [6.07, 6.45) is 4.18. The van der Waals surface area contributed by atoms with Crippen LogP contribution in [-0.4, -0.2) is 65.8 Å². The molecule has 1 heterocycles. The van der Waals surface area contributed by atoms with Gasteiger partial charge in [0.1, 0.15) is 6.23 Å². The van der Waals surface area contributed by atoms with Gasteiger partial charge in [0.25, 0.3) is 0 Å². The number of benzene rings is 2. The number of nitrogens with zero attached hydrogens (tertiary/aromatic N) is 2. The minimum Gasteiger partial charge on any atom is -0.465 e. The fraction of sp³-hybridized carbons (Fsp3) is 0.519. The van der Waals surface area contributed by atoms with Gasteiger partial charge in [-0.05, 0) is 43.2 Å². The molecular formula is C27H40N4O3. The summed E-state index contributed by atoms with van der Waals surface area (Å²) >= 11 is 0. The van der Waals surface area contributed by atoms with Gasteiger partial charge in [-0.3, -0.25) is 0 Å². The van der Waals surface area contributed by atoms with Crippen LogP contribution >= 0.6 is 0 Å². The smallest absolute Gasteiger partial charge is 0.404 e. The Hall–Kier alpha value is -2.45. The Labute approximate surface area is 203 Å². The Morgan fingerprint density at radius 3 is 2.35 bits per heavy atom. The fourth-order valence-electron chi connectivity index (χ4n) is 4.70. The third-order valence-corrected chi connectivity index (χ3v) is 6.41. The lowest BCUT2D eigenvalue weighted by molar-refractivity contribution is -0.140. The molecule has 0 spiro atoms. The maximum Gasteiger partial charge on any atom is 0.404 e. The van der Waals surface area contributed by atoms with Crippen molar-refractivity contribution in [3.63, 3.8) is 0 Å². The Morgan fingerprint density at radius 2 is 1.76 bits per heavy atom. The monoisotopic (exact) mass is 468 g/mol. The van der Waals surface area contributed by atoms with Crippen LogP contribution in [0.15, 0.2) is 60.7 Å². The van der Waals surface area contributed by atoms with Gasteiger partial charge in [-0.2, -0.15) is 0 Å². The van der Waals surface area contributed by atoms with E-state index >= 15 is 0 Å². The second kappa shape index (κ2) is 14.1. The van der Waals surface area contributed by atoms with Crippen LogP contribution < -0.4 is 11.1 Å². The van der Waals surface area contributed by atoms with Gasteiger partial charge in [0.15, 0.2) is 0 Å². The highest BCUT2D eigenvalue weighted by molar-refractivity contribution is 5.64. The maximum absolute atomic E-state index is 11.5. The van der Waals surface area contributed by atoms with E-state index in [4.69, 9.17) is 10.5 Å². The van der Waals surface area contributed by atoms with Gasteiger partial charge in [0.2, 0.25) is 0 Å². The minimum atomic E-state index is -0.970. The van der Waals surface area contributed by atoms with Crippen LogP contribution in [-0.2, 0) is 17.6 Å². The van der Waals surface area contributed by atoms with Crippen molar-refractivity contribution in [1.29, 1.82) is 0 Å². The molecule has 1 amide bonds. The van der Waals surface area contributed by atoms with Crippen molar-refractivity contribution in [2.24, 2.45) is 5.73 Å². The summed E-state index contributed by atoms with van der Waals surface area (Å²) in [4.78, 5) is 11.5. The molecule has 186 valence electrons. The third-order valence-electron chi connectivity index (χ3n) is 6.41. The molecule has 4 N–H and O–H groups in total. The molecule has 1 aliphatic rings. The van der Waals surface area contributed by atoms with Crippen LogP contribution in [0.1, 0.15) is 43.7 Å². The summed E-state index contributed by atoms with van der Waals surface area (Å²) in [5, 5.41) is 17.1. The van der Waals surface area contributed by atoms with Crippen molar-refractivity contribution in [2.75, 3.05) is 26.2 Å². The Kier molecular flexibility index (Phi) is 10.8.